The Balaban J connectivity index is 1.43. The summed E-state index contributed by atoms with van der Waals surface area (Å²) in [6.45, 7) is 0.245. The van der Waals surface area contributed by atoms with Crippen LogP contribution < -0.4 is 10.2 Å². The maximum atomic E-state index is 11.9. The molecule has 1 aromatic heterocycles. The van der Waals surface area contributed by atoms with Gasteiger partial charge in [-0.1, -0.05) is 48.5 Å². The Bertz CT molecular complexity index is 1230. The monoisotopic (exact) mass is 431 g/mol. The Morgan fingerprint density at radius 2 is 1.77 bits per heavy atom. The number of anilines is 1. The second-order valence-corrected chi connectivity index (χ2v) is 8.04. The number of carbonyl (C=O) groups excluding carboxylic acids is 1. The number of amides is 1. The predicted molar refractivity (Wildman–Crippen MR) is 124 cm³/mol. The summed E-state index contributed by atoms with van der Waals surface area (Å²) < 4.78 is 0. The fraction of sp³-hybridized carbons (Fsp3) is 0.125. The second kappa shape index (κ2) is 8.97. The van der Waals surface area contributed by atoms with Gasteiger partial charge in [-0.05, 0) is 34.5 Å². The highest BCUT2D eigenvalue weighted by molar-refractivity contribution is 7.14. The van der Waals surface area contributed by atoms with E-state index >= 15 is 0 Å². The summed E-state index contributed by atoms with van der Waals surface area (Å²) in [5, 5.41) is 16.4. The summed E-state index contributed by atoms with van der Waals surface area (Å²) in [6, 6.07) is 21.8. The lowest BCUT2D eigenvalue weighted by atomic mass is 10.1. The molecule has 6 nitrogen and oxygen atoms in total. The summed E-state index contributed by atoms with van der Waals surface area (Å²) in [5.41, 5.74) is 3.50. The Morgan fingerprint density at radius 3 is 2.52 bits per heavy atom. The molecular weight excluding hydrogens is 410 g/mol. The van der Waals surface area contributed by atoms with Crippen molar-refractivity contribution in [3.05, 3.63) is 83.2 Å². The van der Waals surface area contributed by atoms with Crippen molar-refractivity contribution in [2.24, 2.45) is 0 Å². The molecule has 31 heavy (non-hydrogen) atoms. The van der Waals surface area contributed by atoms with Gasteiger partial charge in [0, 0.05) is 30.1 Å². The minimum absolute atomic E-state index is 0.396. The topological polar surface area (TPSA) is 82.5 Å². The van der Waals surface area contributed by atoms with Crippen molar-refractivity contribution in [2.45, 2.75) is 6.54 Å². The molecule has 7 heteroatoms. The third-order valence-electron chi connectivity index (χ3n) is 4.90. The molecule has 0 saturated heterocycles. The molecule has 0 atom stereocenters. The predicted octanol–water partition coefficient (Wildman–Crippen LogP) is 4.41. The van der Waals surface area contributed by atoms with E-state index in [-0.39, 0.29) is 0 Å². The fourth-order valence-electron chi connectivity index (χ4n) is 3.28. The van der Waals surface area contributed by atoms with E-state index in [0.29, 0.717) is 12.1 Å². The molecule has 0 aliphatic carbocycles. The van der Waals surface area contributed by atoms with Gasteiger partial charge in [-0.25, -0.2) is 4.98 Å². The van der Waals surface area contributed by atoms with Gasteiger partial charge >= 0.3 is 5.97 Å². The molecule has 1 heterocycles. The SMILES string of the molecule is CN(Cc1ccc(C(=O)NCC(=O)O)cc1)c1nc(-c2ccc3ccccc3c2)cs1. The quantitative estimate of drug-likeness (QED) is 0.453. The van der Waals surface area contributed by atoms with Gasteiger partial charge in [0.1, 0.15) is 6.54 Å². The van der Waals surface area contributed by atoms with Gasteiger partial charge in [-0.2, -0.15) is 0 Å². The van der Waals surface area contributed by atoms with E-state index in [4.69, 9.17) is 10.1 Å². The molecule has 0 saturated carbocycles. The molecule has 3 aromatic carbocycles. The number of rotatable bonds is 7. The molecule has 0 bridgehead atoms. The molecule has 2 N–H and O–H groups in total. The molecule has 0 spiro atoms. The van der Waals surface area contributed by atoms with Crippen LogP contribution in [0.1, 0.15) is 15.9 Å². The average Bonchev–Trinajstić information content (AvgIpc) is 3.28. The Kier molecular flexibility index (Phi) is 5.95. The standard InChI is InChI=1S/C24H21N3O3S/c1-27(14-16-6-8-18(9-7-16)23(30)25-13-22(28)29)24-26-21(15-31-24)20-11-10-17-4-2-3-5-19(17)12-20/h2-12,15H,13-14H2,1H3,(H,25,30)(H,28,29). The lowest BCUT2D eigenvalue weighted by Gasteiger charge is -2.16. The third-order valence-corrected chi connectivity index (χ3v) is 5.85. The minimum atomic E-state index is -1.07. The first-order chi connectivity index (χ1) is 15.0. The first-order valence-corrected chi connectivity index (χ1v) is 10.6. The van der Waals surface area contributed by atoms with Crippen molar-refractivity contribution < 1.29 is 14.7 Å². The number of carboxylic acids is 1. The molecule has 0 fully saturated rings. The number of benzene rings is 3. The smallest absolute Gasteiger partial charge is 0.322 e. The van der Waals surface area contributed by atoms with E-state index in [0.717, 1.165) is 22.0 Å². The highest BCUT2D eigenvalue weighted by atomic mass is 32.1. The first-order valence-electron chi connectivity index (χ1n) is 9.74. The van der Waals surface area contributed by atoms with Crippen LogP contribution in [-0.4, -0.2) is 35.6 Å². The zero-order valence-electron chi connectivity index (χ0n) is 16.9. The molecule has 0 aliphatic heterocycles. The van der Waals surface area contributed by atoms with Crippen molar-refractivity contribution in [2.75, 3.05) is 18.5 Å². The van der Waals surface area contributed by atoms with Crippen LogP contribution in [0.2, 0.25) is 0 Å². The number of carbonyl (C=O) groups is 2. The van der Waals surface area contributed by atoms with Gasteiger partial charge < -0.3 is 15.3 Å². The number of aromatic nitrogens is 1. The van der Waals surface area contributed by atoms with E-state index in [1.54, 1.807) is 23.5 Å². The van der Waals surface area contributed by atoms with Gasteiger partial charge in [0.15, 0.2) is 5.13 Å². The molecule has 0 radical (unpaired) electrons. The summed E-state index contributed by atoms with van der Waals surface area (Å²) in [6.07, 6.45) is 0. The van der Waals surface area contributed by atoms with Crippen LogP contribution in [0.3, 0.4) is 0 Å². The summed E-state index contributed by atoms with van der Waals surface area (Å²) >= 11 is 1.59. The van der Waals surface area contributed by atoms with Crippen LogP contribution >= 0.6 is 11.3 Å². The maximum absolute atomic E-state index is 11.9. The maximum Gasteiger partial charge on any atom is 0.322 e. The summed E-state index contributed by atoms with van der Waals surface area (Å²) in [5.74, 6) is -1.47. The molecule has 156 valence electrons. The lowest BCUT2D eigenvalue weighted by molar-refractivity contribution is -0.135. The van der Waals surface area contributed by atoms with Gasteiger partial charge in [-0.3, -0.25) is 9.59 Å². The minimum Gasteiger partial charge on any atom is -0.480 e. The molecule has 0 unspecified atom stereocenters. The Hall–Kier alpha value is -3.71. The Labute approximate surface area is 183 Å². The number of hydrogen-bond donors (Lipinski definition) is 2. The van der Waals surface area contributed by atoms with Gasteiger partial charge in [0.2, 0.25) is 0 Å². The number of hydrogen-bond acceptors (Lipinski definition) is 5. The van der Waals surface area contributed by atoms with Crippen molar-refractivity contribution >= 4 is 39.1 Å². The van der Waals surface area contributed by atoms with Crippen molar-refractivity contribution in [1.29, 1.82) is 0 Å². The highest BCUT2D eigenvalue weighted by Crippen LogP contribution is 2.29. The van der Waals surface area contributed by atoms with Crippen LogP contribution in [0.15, 0.2) is 72.1 Å². The van der Waals surface area contributed by atoms with Crippen LogP contribution in [0.4, 0.5) is 5.13 Å². The van der Waals surface area contributed by atoms with Gasteiger partial charge in [0.05, 0.1) is 5.69 Å². The normalized spacial score (nSPS) is 10.7. The average molecular weight is 432 g/mol. The summed E-state index contributed by atoms with van der Waals surface area (Å²) in [7, 11) is 1.98. The number of nitrogens with one attached hydrogen (secondary N) is 1. The number of aliphatic carboxylic acids is 1. The molecule has 1 amide bonds. The van der Waals surface area contributed by atoms with E-state index in [9.17, 15) is 9.59 Å². The van der Waals surface area contributed by atoms with E-state index in [1.807, 2.05) is 31.3 Å². The van der Waals surface area contributed by atoms with Crippen molar-refractivity contribution in [3.8, 4) is 11.3 Å². The number of carboxylic acid groups (broad SMARTS) is 1. The van der Waals surface area contributed by atoms with Crippen molar-refractivity contribution in [1.82, 2.24) is 10.3 Å². The third kappa shape index (κ3) is 4.90. The first kappa shape index (κ1) is 20.6. The lowest BCUT2D eigenvalue weighted by Crippen LogP contribution is -2.29. The zero-order valence-corrected chi connectivity index (χ0v) is 17.7. The second-order valence-electron chi connectivity index (χ2n) is 7.21. The van der Waals surface area contributed by atoms with E-state index in [2.05, 4.69) is 45.9 Å². The molecule has 4 rings (SSSR count). The van der Waals surface area contributed by atoms with Crippen LogP contribution in [0.5, 0.6) is 0 Å². The van der Waals surface area contributed by atoms with Crippen LogP contribution in [0, 0.1) is 0 Å². The van der Waals surface area contributed by atoms with E-state index < -0.39 is 18.4 Å². The van der Waals surface area contributed by atoms with Gasteiger partial charge in [0.25, 0.3) is 5.91 Å². The van der Waals surface area contributed by atoms with E-state index in [1.165, 1.54) is 10.8 Å². The van der Waals surface area contributed by atoms with Crippen LogP contribution in [-0.2, 0) is 11.3 Å². The number of thiazole rings is 1. The van der Waals surface area contributed by atoms with Crippen LogP contribution in [0.25, 0.3) is 22.0 Å². The zero-order chi connectivity index (χ0) is 21.8. The fourth-order valence-corrected chi connectivity index (χ4v) is 4.08. The number of fused-ring (bicyclic) bond motifs is 1. The Morgan fingerprint density at radius 1 is 1.03 bits per heavy atom. The molecule has 4 aromatic rings. The van der Waals surface area contributed by atoms with Crippen molar-refractivity contribution in [3.63, 3.8) is 0 Å². The highest BCUT2D eigenvalue weighted by Gasteiger charge is 2.11. The number of nitrogens with zero attached hydrogens (tertiary/aromatic N) is 2. The molecular formula is C24H21N3O3S. The van der Waals surface area contributed by atoms with Gasteiger partial charge in [-0.15, -0.1) is 11.3 Å². The molecule has 0 aliphatic rings. The largest absolute Gasteiger partial charge is 0.480 e. The summed E-state index contributed by atoms with van der Waals surface area (Å²) in [4.78, 5) is 29.4.